The second-order valence-corrected chi connectivity index (χ2v) is 5.46. The fourth-order valence-corrected chi connectivity index (χ4v) is 2.88. The standard InChI is InChI=1S/C18H20N2O2.ClH/c19-18(21)16-8-4-7-15(13-20-9-11-22-12-10-20)17(16)14-5-2-1-3-6-14;/h1-8H,9-13H2,(H2,19,21);1H. The summed E-state index contributed by atoms with van der Waals surface area (Å²) >= 11 is 0. The van der Waals surface area contributed by atoms with Crippen LogP contribution in [0.3, 0.4) is 0 Å². The van der Waals surface area contributed by atoms with Gasteiger partial charge in [-0.15, -0.1) is 12.4 Å². The summed E-state index contributed by atoms with van der Waals surface area (Å²) in [4.78, 5) is 14.2. The van der Waals surface area contributed by atoms with Gasteiger partial charge in [0.1, 0.15) is 0 Å². The van der Waals surface area contributed by atoms with Gasteiger partial charge in [0, 0.05) is 25.2 Å². The van der Waals surface area contributed by atoms with Crippen molar-refractivity contribution in [2.75, 3.05) is 26.3 Å². The molecule has 1 aliphatic heterocycles. The zero-order valence-electron chi connectivity index (χ0n) is 12.9. The predicted molar refractivity (Wildman–Crippen MR) is 93.7 cm³/mol. The average Bonchev–Trinajstić information content (AvgIpc) is 2.56. The maximum atomic E-state index is 11.8. The van der Waals surface area contributed by atoms with Crippen LogP contribution in [0.4, 0.5) is 0 Å². The van der Waals surface area contributed by atoms with E-state index in [0.717, 1.165) is 49.5 Å². The molecule has 0 saturated carbocycles. The van der Waals surface area contributed by atoms with Crippen molar-refractivity contribution in [2.24, 2.45) is 5.73 Å². The third-order valence-electron chi connectivity index (χ3n) is 3.98. The lowest BCUT2D eigenvalue weighted by atomic mass is 9.93. The summed E-state index contributed by atoms with van der Waals surface area (Å²) in [6.07, 6.45) is 0. The van der Waals surface area contributed by atoms with Crippen molar-refractivity contribution in [1.82, 2.24) is 4.90 Å². The van der Waals surface area contributed by atoms with Gasteiger partial charge in [0.25, 0.3) is 0 Å². The molecule has 1 amide bonds. The first-order chi connectivity index (χ1) is 10.8. The van der Waals surface area contributed by atoms with Crippen LogP contribution in [0.1, 0.15) is 15.9 Å². The molecule has 0 radical (unpaired) electrons. The summed E-state index contributed by atoms with van der Waals surface area (Å²) in [7, 11) is 0. The van der Waals surface area contributed by atoms with Gasteiger partial charge in [-0.3, -0.25) is 9.69 Å². The molecule has 1 fully saturated rings. The molecule has 0 atom stereocenters. The number of hydrogen-bond donors (Lipinski definition) is 1. The summed E-state index contributed by atoms with van der Waals surface area (Å²) in [5.74, 6) is -0.386. The monoisotopic (exact) mass is 332 g/mol. The van der Waals surface area contributed by atoms with Crippen LogP contribution < -0.4 is 5.73 Å². The van der Waals surface area contributed by atoms with E-state index in [1.807, 2.05) is 36.4 Å². The SMILES string of the molecule is Cl.NC(=O)c1cccc(CN2CCOCC2)c1-c1ccccc1. The first-order valence-corrected chi connectivity index (χ1v) is 7.53. The summed E-state index contributed by atoms with van der Waals surface area (Å²) in [5.41, 5.74) is 9.27. The van der Waals surface area contributed by atoms with E-state index in [9.17, 15) is 4.79 Å². The van der Waals surface area contributed by atoms with Crippen molar-refractivity contribution in [3.8, 4) is 11.1 Å². The van der Waals surface area contributed by atoms with Crippen molar-refractivity contribution in [3.05, 3.63) is 59.7 Å². The molecular weight excluding hydrogens is 312 g/mol. The molecule has 2 aromatic rings. The maximum Gasteiger partial charge on any atom is 0.249 e. The van der Waals surface area contributed by atoms with Crippen LogP contribution in [0.5, 0.6) is 0 Å². The van der Waals surface area contributed by atoms with Gasteiger partial charge in [-0.1, -0.05) is 42.5 Å². The third kappa shape index (κ3) is 4.10. The van der Waals surface area contributed by atoms with Crippen molar-refractivity contribution < 1.29 is 9.53 Å². The minimum Gasteiger partial charge on any atom is -0.379 e. The van der Waals surface area contributed by atoms with Crippen molar-refractivity contribution >= 4 is 18.3 Å². The van der Waals surface area contributed by atoms with E-state index in [4.69, 9.17) is 10.5 Å². The molecule has 0 bridgehead atoms. The van der Waals surface area contributed by atoms with Gasteiger partial charge in [-0.05, 0) is 22.8 Å². The van der Waals surface area contributed by atoms with Gasteiger partial charge >= 0.3 is 0 Å². The summed E-state index contributed by atoms with van der Waals surface area (Å²) in [6, 6.07) is 15.7. The minimum absolute atomic E-state index is 0. The number of ether oxygens (including phenoxy) is 1. The molecule has 1 aliphatic rings. The fraction of sp³-hybridized carbons (Fsp3) is 0.278. The molecule has 0 aliphatic carbocycles. The molecular formula is C18H21ClN2O2. The number of carbonyl (C=O) groups is 1. The largest absolute Gasteiger partial charge is 0.379 e. The predicted octanol–water partition coefficient (Wildman–Crippen LogP) is 2.71. The molecule has 23 heavy (non-hydrogen) atoms. The second-order valence-electron chi connectivity index (χ2n) is 5.46. The quantitative estimate of drug-likeness (QED) is 0.936. The number of carbonyl (C=O) groups excluding carboxylic acids is 1. The highest BCUT2D eigenvalue weighted by molar-refractivity contribution is 6.00. The van der Waals surface area contributed by atoms with E-state index in [1.54, 1.807) is 6.07 Å². The molecule has 4 nitrogen and oxygen atoms in total. The number of halogens is 1. The lowest BCUT2D eigenvalue weighted by molar-refractivity contribution is 0.0342. The summed E-state index contributed by atoms with van der Waals surface area (Å²) < 4.78 is 5.40. The average molecular weight is 333 g/mol. The summed E-state index contributed by atoms with van der Waals surface area (Å²) in [6.45, 7) is 4.14. The minimum atomic E-state index is -0.386. The van der Waals surface area contributed by atoms with E-state index in [2.05, 4.69) is 11.0 Å². The molecule has 0 spiro atoms. The van der Waals surface area contributed by atoms with Crippen LogP contribution in [-0.4, -0.2) is 37.1 Å². The Bertz CT molecular complexity index is 655. The summed E-state index contributed by atoms with van der Waals surface area (Å²) in [5, 5.41) is 0. The molecule has 0 aromatic heterocycles. The van der Waals surface area contributed by atoms with Crippen molar-refractivity contribution in [2.45, 2.75) is 6.54 Å². The Morgan fingerprint density at radius 1 is 1.04 bits per heavy atom. The van der Waals surface area contributed by atoms with E-state index < -0.39 is 0 Å². The fourth-order valence-electron chi connectivity index (χ4n) is 2.88. The Hall–Kier alpha value is -1.88. The van der Waals surface area contributed by atoms with Gasteiger partial charge < -0.3 is 10.5 Å². The van der Waals surface area contributed by atoms with Crippen LogP contribution >= 0.6 is 12.4 Å². The highest BCUT2D eigenvalue weighted by Crippen LogP contribution is 2.28. The topological polar surface area (TPSA) is 55.6 Å². The lowest BCUT2D eigenvalue weighted by Gasteiger charge is -2.27. The molecule has 1 saturated heterocycles. The van der Waals surface area contributed by atoms with E-state index in [-0.39, 0.29) is 18.3 Å². The van der Waals surface area contributed by atoms with Crippen LogP contribution in [0, 0.1) is 0 Å². The van der Waals surface area contributed by atoms with Crippen LogP contribution in [0.25, 0.3) is 11.1 Å². The highest BCUT2D eigenvalue weighted by Gasteiger charge is 2.17. The Morgan fingerprint density at radius 3 is 2.39 bits per heavy atom. The molecule has 3 rings (SSSR count). The number of amides is 1. The first kappa shape index (κ1) is 17.5. The lowest BCUT2D eigenvalue weighted by Crippen LogP contribution is -2.35. The van der Waals surface area contributed by atoms with Crippen LogP contribution in [0.15, 0.2) is 48.5 Å². The Balaban J connectivity index is 0.00000192. The molecule has 2 N–H and O–H groups in total. The van der Waals surface area contributed by atoms with Gasteiger partial charge in [0.2, 0.25) is 5.91 Å². The number of morpholine rings is 1. The van der Waals surface area contributed by atoms with Gasteiger partial charge in [-0.25, -0.2) is 0 Å². The van der Waals surface area contributed by atoms with Crippen LogP contribution in [0.2, 0.25) is 0 Å². The van der Waals surface area contributed by atoms with Gasteiger partial charge in [-0.2, -0.15) is 0 Å². The normalized spacial score (nSPS) is 15.0. The maximum absolute atomic E-state index is 11.8. The van der Waals surface area contributed by atoms with E-state index in [1.165, 1.54) is 0 Å². The number of nitrogens with two attached hydrogens (primary N) is 1. The van der Waals surface area contributed by atoms with Gasteiger partial charge in [0.15, 0.2) is 0 Å². The number of nitrogens with zero attached hydrogens (tertiary/aromatic N) is 1. The van der Waals surface area contributed by atoms with E-state index in [0.29, 0.717) is 5.56 Å². The Labute approximate surface area is 142 Å². The number of primary amides is 1. The van der Waals surface area contributed by atoms with E-state index >= 15 is 0 Å². The zero-order valence-corrected chi connectivity index (χ0v) is 13.7. The molecule has 122 valence electrons. The Morgan fingerprint density at radius 2 is 1.74 bits per heavy atom. The smallest absolute Gasteiger partial charge is 0.249 e. The molecule has 1 heterocycles. The zero-order chi connectivity index (χ0) is 15.4. The first-order valence-electron chi connectivity index (χ1n) is 7.53. The van der Waals surface area contributed by atoms with Gasteiger partial charge in [0.05, 0.1) is 13.2 Å². The highest BCUT2D eigenvalue weighted by atomic mass is 35.5. The molecule has 0 unspecified atom stereocenters. The number of hydrogen-bond acceptors (Lipinski definition) is 3. The third-order valence-corrected chi connectivity index (χ3v) is 3.98. The van der Waals surface area contributed by atoms with Crippen LogP contribution in [-0.2, 0) is 11.3 Å². The number of rotatable bonds is 4. The second kappa shape index (κ2) is 8.11. The van der Waals surface area contributed by atoms with Crippen molar-refractivity contribution in [1.29, 1.82) is 0 Å². The molecule has 2 aromatic carbocycles. The molecule has 5 heteroatoms. The number of benzene rings is 2. The van der Waals surface area contributed by atoms with Crippen molar-refractivity contribution in [3.63, 3.8) is 0 Å². The Kier molecular flexibility index (Phi) is 6.16.